The average Bonchev–Trinajstić information content (AvgIpc) is 3.04. The molecular formula is C15H22ClN3S. The van der Waals surface area contributed by atoms with Gasteiger partial charge < -0.3 is 9.88 Å². The number of aromatic nitrogens is 2. The van der Waals surface area contributed by atoms with Gasteiger partial charge in [0, 0.05) is 36.3 Å². The maximum absolute atomic E-state index is 6.07. The fraction of sp³-hybridized carbons (Fsp3) is 0.533. The van der Waals surface area contributed by atoms with E-state index < -0.39 is 0 Å². The Bertz CT molecular complexity index is 521. The van der Waals surface area contributed by atoms with Gasteiger partial charge in [-0.15, -0.1) is 11.3 Å². The van der Waals surface area contributed by atoms with Gasteiger partial charge in [-0.3, -0.25) is 0 Å². The van der Waals surface area contributed by atoms with Crippen molar-refractivity contribution in [3.05, 3.63) is 39.6 Å². The van der Waals surface area contributed by atoms with E-state index in [4.69, 9.17) is 11.6 Å². The summed E-state index contributed by atoms with van der Waals surface area (Å²) in [7, 11) is 0. The first kappa shape index (κ1) is 15.5. The van der Waals surface area contributed by atoms with Crippen LogP contribution in [0.4, 0.5) is 0 Å². The maximum atomic E-state index is 6.07. The van der Waals surface area contributed by atoms with Gasteiger partial charge in [0.25, 0.3) is 0 Å². The fourth-order valence-corrected chi connectivity index (χ4v) is 3.40. The molecule has 0 spiro atoms. The molecule has 0 saturated heterocycles. The Morgan fingerprint density at radius 2 is 2.20 bits per heavy atom. The topological polar surface area (TPSA) is 29.9 Å². The summed E-state index contributed by atoms with van der Waals surface area (Å²) >= 11 is 7.72. The van der Waals surface area contributed by atoms with Crippen LogP contribution in [0.25, 0.3) is 0 Å². The van der Waals surface area contributed by atoms with E-state index in [2.05, 4.69) is 41.0 Å². The lowest BCUT2D eigenvalue weighted by Crippen LogP contribution is -2.24. The zero-order chi connectivity index (χ0) is 14.4. The molecule has 0 aromatic carbocycles. The highest BCUT2D eigenvalue weighted by Crippen LogP contribution is 2.28. The summed E-state index contributed by atoms with van der Waals surface area (Å²) in [6.07, 6.45) is 7.12. The maximum Gasteiger partial charge on any atom is 0.110 e. The van der Waals surface area contributed by atoms with E-state index in [1.807, 2.05) is 12.3 Å². The van der Waals surface area contributed by atoms with Crippen molar-refractivity contribution < 1.29 is 0 Å². The molecule has 0 aliphatic carbocycles. The van der Waals surface area contributed by atoms with Crippen LogP contribution >= 0.6 is 22.9 Å². The van der Waals surface area contributed by atoms with Gasteiger partial charge in [-0.05, 0) is 31.5 Å². The third-order valence-electron chi connectivity index (χ3n) is 3.23. The van der Waals surface area contributed by atoms with Gasteiger partial charge in [0.2, 0.25) is 0 Å². The first-order chi connectivity index (χ1) is 9.74. The highest BCUT2D eigenvalue weighted by Gasteiger charge is 2.16. The van der Waals surface area contributed by atoms with Crippen molar-refractivity contribution in [1.82, 2.24) is 14.9 Å². The average molecular weight is 312 g/mol. The largest absolute Gasteiger partial charge is 0.335 e. The lowest BCUT2D eigenvalue weighted by Gasteiger charge is -2.17. The lowest BCUT2D eigenvalue weighted by molar-refractivity contribution is 0.508. The number of nitrogens with zero attached hydrogens (tertiary/aromatic N) is 2. The van der Waals surface area contributed by atoms with E-state index in [-0.39, 0.29) is 0 Å². The zero-order valence-electron chi connectivity index (χ0n) is 12.1. The molecular weight excluding hydrogens is 290 g/mol. The molecule has 3 nitrogen and oxygen atoms in total. The highest BCUT2D eigenvalue weighted by molar-refractivity contribution is 7.16. The predicted molar refractivity (Wildman–Crippen MR) is 86.6 cm³/mol. The van der Waals surface area contributed by atoms with Gasteiger partial charge in [0.1, 0.15) is 5.82 Å². The Morgan fingerprint density at radius 1 is 1.35 bits per heavy atom. The number of imidazole rings is 1. The minimum absolute atomic E-state index is 0.297. The van der Waals surface area contributed by atoms with Crippen LogP contribution < -0.4 is 5.32 Å². The minimum Gasteiger partial charge on any atom is -0.335 e. The fourth-order valence-electron chi connectivity index (χ4n) is 2.26. The smallest absolute Gasteiger partial charge is 0.110 e. The van der Waals surface area contributed by atoms with Crippen LogP contribution in [-0.2, 0) is 13.0 Å². The van der Waals surface area contributed by atoms with E-state index in [1.165, 1.54) is 4.88 Å². The molecule has 1 atom stereocenters. The highest BCUT2D eigenvalue weighted by atomic mass is 35.5. The first-order valence-electron chi connectivity index (χ1n) is 7.23. The molecule has 0 saturated carbocycles. The van der Waals surface area contributed by atoms with Crippen LogP contribution in [0.2, 0.25) is 4.34 Å². The zero-order valence-corrected chi connectivity index (χ0v) is 13.7. The van der Waals surface area contributed by atoms with Crippen molar-refractivity contribution in [3.8, 4) is 0 Å². The molecule has 1 unspecified atom stereocenters. The van der Waals surface area contributed by atoms with Gasteiger partial charge >= 0.3 is 0 Å². The molecule has 2 aromatic rings. The van der Waals surface area contributed by atoms with Crippen molar-refractivity contribution >= 4 is 22.9 Å². The molecule has 110 valence electrons. The summed E-state index contributed by atoms with van der Waals surface area (Å²) < 4.78 is 3.09. The summed E-state index contributed by atoms with van der Waals surface area (Å²) in [6.45, 7) is 6.41. The quantitative estimate of drug-likeness (QED) is 0.788. The third kappa shape index (κ3) is 4.08. The minimum atomic E-state index is 0.297. The van der Waals surface area contributed by atoms with Crippen LogP contribution in [0.5, 0.6) is 0 Å². The van der Waals surface area contributed by atoms with Crippen molar-refractivity contribution in [2.75, 3.05) is 6.54 Å². The SMILES string of the molecule is CCCNC(Cc1nccn1CCC)c1ccc(Cl)s1. The number of thiophene rings is 1. The number of nitrogens with one attached hydrogen (secondary N) is 1. The Kier molecular flexibility index (Phi) is 6.07. The Balaban J connectivity index is 2.12. The Morgan fingerprint density at radius 3 is 2.85 bits per heavy atom. The lowest BCUT2D eigenvalue weighted by atomic mass is 10.1. The summed E-state index contributed by atoms with van der Waals surface area (Å²) in [6, 6.07) is 4.39. The molecule has 2 heterocycles. The molecule has 0 fully saturated rings. The number of halogens is 1. The van der Waals surface area contributed by atoms with Gasteiger partial charge in [-0.2, -0.15) is 0 Å². The summed E-state index contributed by atoms with van der Waals surface area (Å²) in [5, 5.41) is 3.61. The second-order valence-corrected chi connectivity index (χ2v) is 6.64. The molecule has 20 heavy (non-hydrogen) atoms. The van der Waals surface area contributed by atoms with Crippen molar-refractivity contribution in [3.63, 3.8) is 0 Å². The van der Waals surface area contributed by atoms with Crippen molar-refractivity contribution in [2.24, 2.45) is 0 Å². The molecule has 0 aliphatic heterocycles. The molecule has 0 radical (unpaired) electrons. The predicted octanol–water partition coefficient (Wildman–Crippen LogP) is 4.29. The molecule has 2 aromatic heterocycles. The number of rotatable bonds is 8. The molecule has 5 heteroatoms. The van der Waals surface area contributed by atoms with E-state index in [0.29, 0.717) is 6.04 Å². The monoisotopic (exact) mass is 311 g/mol. The molecule has 0 amide bonds. The molecule has 2 rings (SSSR count). The van der Waals surface area contributed by atoms with Crippen LogP contribution in [-0.4, -0.2) is 16.1 Å². The standard InChI is InChI=1S/C15H22ClN3S/c1-3-7-17-12(13-5-6-14(16)20-13)11-15-18-8-10-19(15)9-4-2/h5-6,8,10,12,17H,3-4,7,9,11H2,1-2H3. The van der Waals surface area contributed by atoms with Gasteiger partial charge in [0.15, 0.2) is 0 Å². The number of hydrogen-bond donors (Lipinski definition) is 1. The van der Waals surface area contributed by atoms with E-state index in [9.17, 15) is 0 Å². The van der Waals surface area contributed by atoms with Crippen LogP contribution in [0, 0.1) is 0 Å². The van der Waals surface area contributed by atoms with Crippen LogP contribution in [0.1, 0.15) is 43.4 Å². The summed E-state index contributed by atoms with van der Waals surface area (Å²) in [4.78, 5) is 5.80. The second kappa shape index (κ2) is 7.81. The van der Waals surface area contributed by atoms with E-state index in [0.717, 1.165) is 42.5 Å². The van der Waals surface area contributed by atoms with Crippen LogP contribution in [0.15, 0.2) is 24.5 Å². The number of aryl methyl sites for hydroxylation is 1. The second-order valence-electron chi connectivity index (χ2n) is 4.89. The number of hydrogen-bond acceptors (Lipinski definition) is 3. The van der Waals surface area contributed by atoms with Crippen LogP contribution in [0.3, 0.4) is 0 Å². The summed E-state index contributed by atoms with van der Waals surface area (Å²) in [5.74, 6) is 1.14. The summed E-state index contributed by atoms with van der Waals surface area (Å²) in [5.41, 5.74) is 0. The Labute approximate surface area is 130 Å². The molecule has 1 N–H and O–H groups in total. The van der Waals surface area contributed by atoms with E-state index in [1.54, 1.807) is 11.3 Å². The third-order valence-corrected chi connectivity index (χ3v) is 4.58. The van der Waals surface area contributed by atoms with Crippen molar-refractivity contribution in [2.45, 2.75) is 45.7 Å². The molecule has 0 aliphatic rings. The van der Waals surface area contributed by atoms with E-state index >= 15 is 0 Å². The van der Waals surface area contributed by atoms with Gasteiger partial charge in [-0.25, -0.2) is 4.98 Å². The van der Waals surface area contributed by atoms with Crippen molar-refractivity contribution in [1.29, 1.82) is 0 Å². The first-order valence-corrected chi connectivity index (χ1v) is 8.42. The van der Waals surface area contributed by atoms with Gasteiger partial charge in [-0.1, -0.05) is 25.4 Å². The molecule has 0 bridgehead atoms. The van der Waals surface area contributed by atoms with Gasteiger partial charge in [0.05, 0.1) is 4.34 Å². The normalized spacial score (nSPS) is 12.8. The Hall–Kier alpha value is -0.840.